The first-order valence-corrected chi connectivity index (χ1v) is 5.51. The van der Waals surface area contributed by atoms with E-state index in [2.05, 4.69) is 31.4 Å². The van der Waals surface area contributed by atoms with Gasteiger partial charge in [0, 0.05) is 20.3 Å². The van der Waals surface area contributed by atoms with Gasteiger partial charge in [-0.2, -0.15) is 5.10 Å². The Morgan fingerprint density at radius 1 is 1.60 bits per heavy atom. The van der Waals surface area contributed by atoms with E-state index < -0.39 is 0 Å². The number of rotatable bonds is 6. The van der Waals surface area contributed by atoms with Crippen LogP contribution in [0.15, 0.2) is 15.5 Å². The van der Waals surface area contributed by atoms with Gasteiger partial charge in [0.2, 0.25) is 0 Å². The summed E-state index contributed by atoms with van der Waals surface area (Å²) in [6.45, 7) is 1.56. The molecule has 0 aromatic carbocycles. The van der Waals surface area contributed by atoms with Gasteiger partial charge in [-0.05, 0) is 28.8 Å². The Hall–Kier alpha value is -0.880. The van der Waals surface area contributed by atoms with Gasteiger partial charge in [-0.15, -0.1) is 0 Å². The molecule has 0 saturated heterocycles. The third-order valence-corrected chi connectivity index (χ3v) is 2.67. The van der Waals surface area contributed by atoms with Crippen LogP contribution in [-0.4, -0.2) is 30.5 Å². The zero-order valence-electron chi connectivity index (χ0n) is 8.55. The predicted octanol–water partition coefficient (Wildman–Crippen LogP) is 1.37. The second-order valence-corrected chi connectivity index (χ2v) is 3.85. The largest absolute Gasteiger partial charge is 0.385 e. The fourth-order valence-corrected chi connectivity index (χ4v) is 1.43. The molecule has 15 heavy (non-hydrogen) atoms. The quantitative estimate of drug-likeness (QED) is 0.770. The number of nitrogens with one attached hydrogen (secondary N) is 2. The van der Waals surface area contributed by atoms with Gasteiger partial charge >= 0.3 is 0 Å². The summed E-state index contributed by atoms with van der Waals surface area (Å²) < 4.78 is 5.42. The average molecular weight is 276 g/mol. The summed E-state index contributed by atoms with van der Waals surface area (Å²) in [5, 5.41) is 9.17. The number of unbranched alkanes of at least 4 members (excludes halogenated alkanes) is 1. The standard InChI is InChI=1S/C9H14BrN3O2/c1-15-5-3-2-4-11-7-6-12-13-9(14)8(7)10/h6H,2-5H2,1H3,(H2,11,13,14). The Labute approximate surface area is 96.4 Å². The summed E-state index contributed by atoms with van der Waals surface area (Å²) in [4.78, 5) is 11.2. The summed E-state index contributed by atoms with van der Waals surface area (Å²) in [7, 11) is 1.69. The fourth-order valence-electron chi connectivity index (χ4n) is 1.10. The van der Waals surface area contributed by atoms with Crippen LogP contribution in [0.5, 0.6) is 0 Å². The van der Waals surface area contributed by atoms with Crippen LogP contribution < -0.4 is 10.9 Å². The van der Waals surface area contributed by atoms with E-state index in [1.807, 2.05) is 0 Å². The molecular formula is C9H14BrN3O2. The maximum atomic E-state index is 11.2. The number of halogens is 1. The van der Waals surface area contributed by atoms with Crippen molar-refractivity contribution in [2.75, 3.05) is 25.6 Å². The lowest BCUT2D eigenvalue weighted by molar-refractivity contribution is 0.194. The molecule has 0 aliphatic rings. The number of anilines is 1. The monoisotopic (exact) mass is 275 g/mol. The molecule has 0 spiro atoms. The molecule has 0 amide bonds. The number of hydrogen-bond acceptors (Lipinski definition) is 4. The lowest BCUT2D eigenvalue weighted by Gasteiger charge is -2.06. The topological polar surface area (TPSA) is 67.0 Å². The number of H-pyrrole nitrogens is 1. The van der Waals surface area contributed by atoms with Crippen LogP contribution in [0.25, 0.3) is 0 Å². The summed E-state index contributed by atoms with van der Waals surface area (Å²) in [5.74, 6) is 0. The molecule has 1 rings (SSSR count). The van der Waals surface area contributed by atoms with Gasteiger partial charge in [0.25, 0.3) is 5.56 Å². The van der Waals surface area contributed by atoms with E-state index in [-0.39, 0.29) is 5.56 Å². The lowest BCUT2D eigenvalue weighted by Crippen LogP contribution is -2.13. The van der Waals surface area contributed by atoms with Crippen molar-refractivity contribution in [2.45, 2.75) is 12.8 Å². The fraction of sp³-hybridized carbons (Fsp3) is 0.556. The van der Waals surface area contributed by atoms with Crippen LogP contribution in [0.1, 0.15) is 12.8 Å². The van der Waals surface area contributed by atoms with Crippen molar-refractivity contribution in [3.05, 3.63) is 21.0 Å². The number of aromatic nitrogens is 2. The molecule has 0 radical (unpaired) electrons. The molecule has 0 atom stereocenters. The van der Waals surface area contributed by atoms with Crippen LogP contribution in [0.2, 0.25) is 0 Å². The minimum atomic E-state index is -0.225. The molecule has 0 bridgehead atoms. The van der Waals surface area contributed by atoms with Crippen molar-refractivity contribution in [1.82, 2.24) is 10.2 Å². The SMILES string of the molecule is COCCCCNc1cn[nH]c(=O)c1Br. The molecule has 6 heteroatoms. The van der Waals surface area contributed by atoms with E-state index in [0.717, 1.165) is 31.7 Å². The predicted molar refractivity (Wildman–Crippen MR) is 62.2 cm³/mol. The van der Waals surface area contributed by atoms with Gasteiger partial charge in [0.1, 0.15) is 4.47 Å². The van der Waals surface area contributed by atoms with E-state index in [9.17, 15) is 4.79 Å². The zero-order chi connectivity index (χ0) is 11.1. The summed E-state index contributed by atoms with van der Waals surface area (Å²) in [6.07, 6.45) is 3.58. The van der Waals surface area contributed by atoms with Crippen LogP contribution in [-0.2, 0) is 4.74 Å². The van der Waals surface area contributed by atoms with Gasteiger partial charge in [-0.3, -0.25) is 4.79 Å². The Morgan fingerprint density at radius 3 is 3.13 bits per heavy atom. The van der Waals surface area contributed by atoms with Crippen molar-refractivity contribution in [1.29, 1.82) is 0 Å². The minimum absolute atomic E-state index is 0.225. The highest BCUT2D eigenvalue weighted by atomic mass is 79.9. The first-order valence-electron chi connectivity index (χ1n) is 4.71. The molecular weight excluding hydrogens is 262 g/mol. The molecule has 5 nitrogen and oxygen atoms in total. The Balaban J connectivity index is 2.38. The van der Waals surface area contributed by atoms with Crippen LogP contribution in [0.4, 0.5) is 5.69 Å². The Bertz CT molecular complexity index is 353. The molecule has 0 saturated carbocycles. The van der Waals surface area contributed by atoms with E-state index >= 15 is 0 Å². The van der Waals surface area contributed by atoms with E-state index in [4.69, 9.17) is 4.74 Å². The third kappa shape index (κ3) is 4.01. The molecule has 0 unspecified atom stereocenters. The summed E-state index contributed by atoms with van der Waals surface area (Å²) >= 11 is 3.19. The van der Waals surface area contributed by atoms with Crippen LogP contribution in [0, 0.1) is 0 Å². The normalized spacial score (nSPS) is 10.3. The number of ether oxygens (including phenoxy) is 1. The molecule has 1 aromatic rings. The van der Waals surface area contributed by atoms with Crippen molar-refractivity contribution in [3.8, 4) is 0 Å². The first-order chi connectivity index (χ1) is 7.25. The number of hydrogen-bond donors (Lipinski definition) is 2. The average Bonchev–Trinajstić information content (AvgIpc) is 2.24. The number of aromatic amines is 1. The maximum absolute atomic E-state index is 11.2. The van der Waals surface area contributed by atoms with E-state index in [0.29, 0.717) is 4.47 Å². The smallest absolute Gasteiger partial charge is 0.280 e. The molecule has 1 aromatic heterocycles. The zero-order valence-corrected chi connectivity index (χ0v) is 10.1. The van der Waals surface area contributed by atoms with Crippen LogP contribution in [0.3, 0.4) is 0 Å². The molecule has 0 aliphatic heterocycles. The van der Waals surface area contributed by atoms with Gasteiger partial charge in [0.05, 0.1) is 11.9 Å². The summed E-state index contributed by atoms with van der Waals surface area (Å²) in [5.41, 5.74) is 0.494. The lowest BCUT2D eigenvalue weighted by atomic mass is 10.3. The van der Waals surface area contributed by atoms with Crippen molar-refractivity contribution in [2.24, 2.45) is 0 Å². The number of nitrogens with zero attached hydrogens (tertiary/aromatic N) is 1. The Morgan fingerprint density at radius 2 is 2.40 bits per heavy atom. The number of methoxy groups -OCH3 is 1. The molecule has 0 aliphatic carbocycles. The first kappa shape index (κ1) is 12.2. The second-order valence-electron chi connectivity index (χ2n) is 3.05. The van der Waals surface area contributed by atoms with Crippen LogP contribution >= 0.6 is 15.9 Å². The van der Waals surface area contributed by atoms with Crippen molar-refractivity contribution < 1.29 is 4.74 Å². The third-order valence-electron chi connectivity index (χ3n) is 1.89. The highest BCUT2D eigenvalue weighted by Crippen LogP contribution is 2.14. The highest BCUT2D eigenvalue weighted by Gasteiger charge is 2.02. The van der Waals surface area contributed by atoms with Gasteiger partial charge in [-0.1, -0.05) is 0 Å². The van der Waals surface area contributed by atoms with Gasteiger partial charge in [0.15, 0.2) is 0 Å². The molecule has 1 heterocycles. The maximum Gasteiger partial charge on any atom is 0.280 e. The molecule has 0 fully saturated rings. The van der Waals surface area contributed by atoms with Gasteiger partial charge < -0.3 is 10.1 Å². The van der Waals surface area contributed by atoms with Gasteiger partial charge in [-0.25, -0.2) is 5.10 Å². The minimum Gasteiger partial charge on any atom is -0.385 e. The molecule has 84 valence electrons. The summed E-state index contributed by atoms with van der Waals surface area (Å²) in [6, 6.07) is 0. The Kier molecular flexibility index (Phi) is 5.34. The highest BCUT2D eigenvalue weighted by molar-refractivity contribution is 9.10. The van der Waals surface area contributed by atoms with Crippen molar-refractivity contribution >= 4 is 21.6 Å². The molecule has 2 N–H and O–H groups in total. The van der Waals surface area contributed by atoms with E-state index in [1.54, 1.807) is 13.3 Å². The second kappa shape index (κ2) is 6.58. The van der Waals surface area contributed by atoms with E-state index in [1.165, 1.54) is 0 Å². The van der Waals surface area contributed by atoms with Crippen molar-refractivity contribution in [3.63, 3.8) is 0 Å².